The second-order valence-corrected chi connectivity index (χ2v) is 9.63. The minimum Gasteiger partial charge on any atom is -0.490 e. The Balaban J connectivity index is 1.38. The molecular formula is C27H32FN3O5. The summed E-state index contributed by atoms with van der Waals surface area (Å²) in [5.41, 5.74) is 1.61. The summed E-state index contributed by atoms with van der Waals surface area (Å²) in [7, 11) is 1.74. The van der Waals surface area contributed by atoms with E-state index in [1.54, 1.807) is 56.1 Å². The highest BCUT2D eigenvalue weighted by atomic mass is 19.1. The normalized spacial score (nSPS) is 21.5. The number of rotatable bonds is 6. The molecule has 0 bridgehead atoms. The third-order valence-corrected chi connectivity index (χ3v) is 6.60. The van der Waals surface area contributed by atoms with E-state index >= 15 is 0 Å². The van der Waals surface area contributed by atoms with E-state index in [1.807, 2.05) is 0 Å². The zero-order chi connectivity index (χ0) is 25.8. The number of carbonyl (C=O) groups is 3. The van der Waals surface area contributed by atoms with Crippen molar-refractivity contribution in [3.05, 3.63) is 59.4 Å². The Bertz CT molecular complexity index is 1140. The zero-order valence-electron chi connectivity index (χ0n) is 20.8. The molecule has 2 aliphatic heterocycles. The van der Waals surface area contributed by atoms with Gasteiger partial charge in [-0.25, -0.2) is 4.39 Å². The van der Waals surface area contributed by atoms with Gasteiger partial charge in [-0.1, -0.05) is 26.0 Å². The summed E-state index contributed by atoms with van der Waals surface area (Å²) >= 11 is 0. The summed E-state index contributed by atoms with van der Waals surface area (Å²) in [6, 6.07) is 10.9. The van der Waals surface area contributed by atoms with E-state index in [0.717, 1.165) is 0 Å². The summed E-state index contributed by atoms with van der Waals surface area (Å²) in [5, 5.41) is 5.63. The van der Waals surface area contributed by atoms with Gasteiger partial charge in [0.15, 0.2) is 0 Å². The van der Waals surface area contributed by atoms with E-state index in [4.69, 9.17) is 9.47 Å². The smallest absolute Gasteiger partial charge is 0.257 e. The first kappa shape index (κ1) is 25.6. The Hall–Kier alpha value is -3.46. The fourth-order valence-electron chi connectivity index (χ4n) is 4.52. The number of nitrogens with one attached hydrogen (secondary N) is 2. The van der Waals surface area contributed by atoms with E-state index in [9.17, 15) is 18.8 Å². The van der Waals surface area contributed by atoms with Crippen molar-refractivity contribution in [3.63, 3.8) is 0 Å². The first-order chi connectivity index (χ1) is 17.2. The average molecular weight is 498 g/mol. The molecule has 3 amide bonds. The number of nitrogens with zero attached hydrogens (tertiary/aromatic N) is 1. The van der Waals surface area contributed by atoms with Crippen molar-refractivity contribution in [1.82, 2.24) is 10.2 Å². The Kier molecular flexibility index (Phi) is 7.88. The molecule has 8 nitrogen and oxygen atoms in total. The summed E-state index contributed by atoms with van der Waals surface area (Å²) in [6.45, 7) is 4.07. The Morgan fingerprint density at radius 2 is 1.97 bits per heavy atom. The Morgan fingerprint density at radius 1 is 1.17 bits per heavy atom. The molecule has 192 valence electrons. The Labute approximate surface area is 210 Å². The zero-order valence-corrected chi connectivity index (χ0v) is 20.8. The van der Waals surface area contributed by atoms with Gasteiger partial charge >= 0.3 is 0 Å². The van der Waals surface area contributed by atoms with Crippen LogP contribution in [0.3, 0.4) is 0 Å². The first-order valence-electron chi connectivity index (χ1n) is 12.2. The van der Waals surface area contributed by atoms with Gasteiger partial charge in [0.25, 0.3) is 5.91 Å². The number of fused-ring (bicyclic) bond motifs is 2. The Morgan fingerprint density at radius 3 is 2.72 bits per heavy atom. The van der Waals surface area contributed by atoms with Crippen molar-refractivity contribution in [2.45, 2.75) is 57.9 Å². The van der Waals surface area contributed by atoms with Crippen LogP contribution in [0.1, 0.15) is 49.0 Å². The van der Waals surface area contributed by atoms with Crippen molar-refractivity contribution in [1.29, 1.82) is 0 Å². The number of halogens is 1. The first-order valence-corrected chi connectivity index (χ1v) is 12.2. The van der Waals surface area contributed by atoms with E-state index in [0.29, 0.717) is 35.4 Å². The molecule has 0 spiro atoms. The van der Waals surface area contributed by atoms with Gasteiger partial charge in [-0.3, -0.25) is 14.4 Å². The monoisotopic (exact) mass is 497 g/mol. The average Bonchev–Trinajstić information content (AvgIpc) is 2.85. The van der Waals surface area contributed by atoms with Gasteiger partial charge in [0, 0.05) is 25.2 Å². The molecule has 1 fully saturated rings. The molecule has 2 aromatic rings. The van der Waals surface area contributed by atoms with Crippen LogP contribution in [-0.2, 0) is 20.9 Å². The van der Waals surface area contributed by atoms with Crippen molar-refractivity contribution in [3.8, 4) is 5.75 Å². The molecule has 1 saturated heterocycles. The highest BCUT2D eigenvalue weighted by molar-refractivity contribution is 6.00. The maximum Gasteiger partial charge on any atom is 0.257 e. The van der Waals surface area contributed by atoms with Gasteiger partial charge in [-0.05, 0) is 48.7 Å². The van der Waals surface area contributed by atoms with Crippen LogP contribution < -0.4 is 15.4 Å². The molecule has 0 aromatic heterocycles. The fraction of sp³-hybridized carbons (Fsp3) is 0.444. The molecule has 0 aliphatic carbocycles. The van der Waals surface area contributed by atoms with Crippen LogP contribution in [0.5, 0.6) is 5.75 Å². The topological polar surface area (TPSA) is 97.0 Å². The molecule has 2 heterocycles. The molecule has 0 radical (unpaired) electrons. The molecule has 2 aromatic carbocycles. The SMILES string of the molecule is CC(C)C(=O)Nc1ccc2c(c1)C(=O)N(C)[C@H]1CC[C@H](CC(=O)NCc3cccc(F)c3)O[C@@H]1CO2. The van der Waals surface area contributed by atoms with Gasteiger partial charge < -0.3 is 25.0 Å². The van der Waals surface area contributed by atoms with E-state index in [-0.39, 0.29) is 67.3 Å². The van der Waals surface area contributed by atoms with Crippen LogP contribution in [0.15, 0.2) is 42.5 Å². The van der Waals surface area contributed by atoms with Gasteiger partial charge in [0.1, 0.15) is 24.3 Å². The summed E-state index contributed by atoms with van der Waals surface area (Å²) in [4.78, 5) is 39.5. The number of anilines is 1. The van der Waals surface area contributed by atoms with Crippen molar-refractivity contribution >= 4 is 23.4 Å². The predicted molar refractivity (Wildman–Crippen MR) is 132 cm³/mol. The lowest BCUT2D eigenvalue weighted by molar-refractivity contribution is -0.134. The summed E-state index contributed by atoms with van der Waals surface area (Å²) in [5.74, 6) is -0.626. The van der Waals surface area contributed by atoms with Gasteiger partial charge in [-0.2, -0.15) is 0 Å². The molecule has 36 heavy (non-hydrogen) atoms. The van der Waals surface area contributed by atoms with Crippen LogP contribution >= 0.6 is 0 Å². The van der Waals surface area contributed by atoms with Crippen LogP contribution in [0.4, 0.5) is 10.1 Å². The lowest BCUT2D eigenvalue weighted by Crippen LogP contribution is -2.53. The lowest BCUT2D eigenvalue weighted by Gasteiger charge is -2.42. The summed E-state index contributed by atoms with van der Waals surface area (Å²) in [6.07, 6.45) is 0.757. The minimum absolute atomic E-state index is 0.130. The van der Waals surface area contributed by atoms with E-state index in [1.165, 1.54) is 12.1 Å². The second kappa shape index (κ2) is 11.1. The number of ether oxygens (including phenoxy) is 2. The third-order valence-electron chi connectivity index (χ3n) is 6.60. The predicted octanol–water partition coefficient (Wildman–Crippen LogP) is 3.51. The third kappa shape index (κ3) is 6.02. The fourth-order valence-corrected chi connectivity index (χ4v) is 4.52. The van der Waals surface area contributed by atoms with Crippen LogP contribution in [0.25, 0.3) is 0 Å². The molecule has 9 heteroatoms. The number of amides is 3. The van der Waals surface area contributed by atoms with Gasteiger partial charge in [-0.15, -0.1) is 0 Å². The standard InChI is InChI=1S/C27H32FN3O5/c1-16(2)26(33)30-19-7-10-23-21(12-19)27(34)31(3)22-9-8-20(36-24(22)15-35-23)13-25(32)29-14-17-5-4-6-18(28)11-17/h4-7,10-12,16,20,22,24H,8-9,13-15H2,1-3H3,(H,29,32)(H,30,33)/t20-,22+,24-/m1/s1. The maximum absolute atomic E-state index is 13.3. The second-order valence-electron chi connectivity index (χ2n) is 9.63. The van der Waals surface area contributed by atoms with Crippen LogP contribution in [0, 0.1) is 11.7 Å². The molecule has 0 unspecified atom stereocenters. The van der Waals surface area contributed by atoms with Crippen molar-refractivity contribution in [2.24, 2.45) is 5.92 Å². The van der Waals surface area contributed by atoms with Crippen LogP contribution in [0.2, 0.25) is 0 Å². The molecular weight excluding hydrogens is 465 g/mol. The lowest BCUT2D eigenvalue weighted by atomic mass is 9.94. The quantitative estimate of drug-likeness (QED) is 0.637. The molecule has 0 saturated carbocycles. The van der Waals surface area contributed by atoms with Crippen LogP contribution in [-0.4, -0.2) is 54.5 Å². The number of likely N-dealkylation sites (N-methyl/N-ethyl adjacent to an activating group) is 1. The minimum atomic E-state index is -0.387. The number of benzene rings is 2. The van der Waals surface area contributed by atoms with E-state index in [2.05, 4.69) is 10.6 Å². The number of hydrogen-bond acceptors (Lipinski definition) is 5. The summed E-state index contributed by atoms with van der Waals surface area (Å²) < 4.78 is 25.5. The number of hydrogen-bond donors (Lipinski definition) is 2. The molecule has 2 aliphatic rings. The molecule has 4 rings (SSSR count). The molecule has 2 N–H and O–H groups in total. The van der Waals surface area contributed by atoms with Gasteiger partial charge in [0.2, 0.25) is 11.8 Å². The maximum atomic E-state index is 13.3. The number of carbonyl (C=O) groups excluding carboxylic acids is 3. The van der Waals surface area contributed by atoms with E-state index < -0.39 is 0 Å². The highest BCUT2D eigenvalue weighted by Gasteiger charge is 2.39. The van der Waals surface area contributed by atoms with Crippen molar-refractivity contribution in [2.75, 3.05) is 19.0 Å². The van der Waals surface area contributed by atoms with Crippen molar-refractivity contribution < 1.29 is 28.2 Å². The largest absolute Gasteiger partial charge is 0.490 e. The highest BCUT2D eigenvalue weighted by Crippen LogP contribution is 2.32. The molecule has 3 atom stereocenters. The van der Waals surface area contributed by atoms with Gasteiger partial charge in [0.05, 0.1) is 24.1 Å².